The number of hydrogen-bond donors (Lipinski definition) is 2. The van der Waals surface area contributed by atoms with Gasteiger partial charge in [0.05, 0.1) is 0 Å². The molecule has 1 heterocycles. The highest BCUT2D eigenvalue weighted by atomic mass is 16.6. The zero-order chi connectivity index (χ0) is 13.3. The second-order valence-electron chi connectivity index (χ2n) is 6.11. The second-order valence-corrected chi connectivity index (χ2v) is 6.11. The summed E-state index contributed by atoms with van der Waals surface area (Å²) < 4.78 is 5.11. The van der Waals surface area contributed by atoms with Crippen molar-refractivity contribution < 1.29 is 14.3 Å². The molecular weight excluding hydrogens is 220 g/mol. The van der Waals surface area contributed by atoms with Crippen molar-refractivity contribution in [2.24, 2.45) is 0 Å². The average Bonchev–Trinajstić information content (AvgIpc) is 2.06. The summed E-state index contributed by atoms with van der Waals surface area (Å²) in [6.07, 6.45) is 0.925. The standard InChI is InChI=1S/C12H22N2O3/c1-11(2,3)17-10(16)13-8-6-7-12(4,5)14-9(8)15/h8H,6-7H2,1-5H3,(H,13,16)(H,14,15). The van der Waals surface area contributed by atoms with E-state index >= 15 is 0 Å². The predicted octanol–water partition coefficient (Wildman–Crippen LogP) is 1.57. The van der Waals surface area contributed by atoms with Crippen LogP contribution in [0.5, 0.6) is 0 Å². The Balaban J connectivity index is 2.48. The Morgan fingerprint density at radius 1 is 1.47 bits per heavy atom. The highest BCUT2D eigenvalue weighted by molar-refractivity contribution is 5.86. The average molecular weight is 242 g/mol. The molecule has 0 radical (unpaired) electrons. The van der Waals surface area contributed by atoms with Crippen LogP contribution in [0.3, 0.4) is 0 Å². The first-order valence-corrected chi connectivity index (χ1v) is 5.91. The lowest BCUT2D eigenvalue weighted by atomic mass is 9.90. The Morgan fingerprint density at radius 3 is 2.53 bits per heavy atom. The van der Waals surface area contributed by atoms with E-state index in [-0.39, 0.29) is 11.4 Å². The summed E-state index contributed by atoms with van der Waals surface area (Å²) >= 11 is 0. The first-order chi connectivity index (χ1) is 7.59. The lowest BCUT2D eigenvalue weighted by molar-refractivity contribution is -0.127. The normalized spacial score (nSPS) is 23.8. The smallest absolute Gasteiger partial charge is 0.408 e. The number of alkyl carbamates (subject to hydrolysis) is 1. The maximum atomic E-state index is 11.7. The zero-order valence-electron chi connectivity index (χ0n) is 11.2. The minimum Gasteiger partial charge on any atom is -0.444 e. The van der Waals surface area contributed by atoms with Crippen LogP contribution in [0.2, 0.25) is 0 Å². The summed E-state index contributed by atoms with van der Waals surface area (Å²) in [5.41, 5.74) is -0.738. The van der Waals surface area contributed by atoms with Crippen molar-refractivity contribution in [2.45, 2.75) is 64.6 Å². The van der Waals surface area contributed by atoms with E-state index in [1.807, 2.05) is 13.8 Å². The van der Waals surface area contributed by atoms with Crippen LogP contribution in [-0.2, 0) is 9.53 Å². The van der Waals surface area contributed by atoms with Gasteiger partial charge in [0.15, 0.2) is 0 Å². The number of carbonyl (C=O) groups is 2. The monoisotopic (exact) mass is 242 g/mol. The molecule has 1 aliphatic rings. The van der Waals surface area contributed by atoms with Gasteiger partial charge < -0.3 is 15.4 Å². The van der Waals surface area contributed by atoms with Gasteiger partial charge >= 0.3 is 6.09 Å². The number of rotatable bonds is 1. The topological polar surface area (TPSA) is 67.4 Å². The summed E-state index contributed by atoms with van der Waals surface area (Å²) in [6.45, 7) is 9.30. The van der Waals surface area contributed by atoms with Gasteiger partial charge in [0, 0.05) is 5.54 Å². The molecule has 17 heavy (non-hydrogen) atoms. The van der Waals surface area contributed by atoms with Crippen molar-refractivity contribution in [3.63, 3.8) is 0 Å². The van der Waals surface area contributed by atoms with Crippen molar-refractivity contribution in [3.05, 3.63) is 0 Å². The second kappa shape index (κ2) is 4.55. The fourth-order valence-corrected chi connectivity index (χ4v) is 1.71. The van der Waals surface area contributed by atoms with Gasteiger partial charge in [-0.25, -0.2) is 4.79 Å². The quantitative estimate of drug-likeness (QED) is 0.733. The largest absolute Gasteiger partial charge is 0.444 e. The molecule has 0 aromatic carbocycles. The number of nitrogens with one attached hydrogen (secondary N) is 2. The Bertz CT molecular complexity index is 318. The first kappa shape index (κ1) is 13.8. The van der Waals surface area contributed by atoms with Crippen molar-refractivity contribution >= 4 is 12.0 Å². The Hall–Kier alpha value is -1.26. The van der Waals surface area contributed by atoms with E-state index in [4.69, 9.17) is 4.74 Å². The van der Waals surface area contributed by atoms with Gasteiger partial charge in [0.1, 0.15) is 11.6 Å². The molecule has 1 saturated heterocycles. The molecule has 2 amide bonds. The van der Waals surface area contributed by atoms with E-state index in [0.717, 1.165) is 6.42 Å². The molecule has 0 aromatic heterocycles. The van der Waals surface area contributed by atoms with E-state index in [2.05, 4.69) is 10.6 Å². The molecule has 5 nitrogen and oxygen atoms in total. The molecule has 0 bridgehead atoms. The van der Waals surface area contributed by atoms with Crippen LogP contribution < -0.4 is 10.6 Å². The summed E-state index contributed by atoms with van der Waals surface area (Å²) in [7, 11) is 0. The molecule has 0 spiro atoms. The van der Waals surface area contributed by atoms with Gasteiger partial charge in [-0.3, -0.25) is 4.79 Å². The molecule has 98 valence electrons. The van der Waals surface area contributed by atoms with Gasteiger partial charge in [-0.1, -0.05) is 0 Å². The Morgan fingerprint density at radius 2 is 2.06 bits per heavy atom. The molecular formula is C12H22N2O3. The zero-order valence-corrected chi connectivity index (χ0v) is 11.2. The van der Waals surface area contributed by atoms with Crippen LogP contribution in [0.4, 0.5) is 4.79 Å². The van der Waals surface area contributed by atoms with Gasteiger partial charge in [0.2, 0.25) is 5.91 Å². The number of carbonyl (C=O) groups excluding carboxylic acids is 2. The molecule has 1 fully saturated rings. The third-order valence-electron chi connectivity index (χ3n) is 2.53. The molecule has 0 aliphatic carbocycles. The van der Waals surface area contributed by atoms with E-state index < -0.39 is 17.7 Å². The fourth-order valence-electron chi connectivity index (χ4n) is 1.71. The van der Waals surface area contributed by atoms with Gasteiger partial charge in [-0.05, 0) is 47.5 Å². The SMILES string of the molecule is CC1(C)CCC(NC(=O)OC(C)(C)C)C(=O)N1. The number of hydrogen-bond acceptors (Lipinski definition) is 3. The third kappa shape index (κ3) is 4.63. The number of piperidine rings is 1. The molecule has 5 heteroatoms. The molecule has 2 N–H and O–H groups in total. The van der Waals surface area contributed by atoms with Crippen molar-refractivity contribution in [3.8, 4) is 0 Å². The fraction of sp³-hybridized carbons (Fsp3) is 0.833. The Labute approximate surface area is 102 Å². The summed E-state index contributed by atoms with van der Waals surface area (Å²) in [5, 5.41) is 5.45. The minimum atomic E-state index is -0.547. The predicted molar refractivity (Wildman–Crippen MR) is 64.6 cm³/mol. The van der Waals surface area contributed by atoms with Gasteiger partial charge in [0.25, 0.3) is 0 Å². The summed E-state index contributed by atoms with van der Waals surface area (Å²) in [6, 6.07) is -0.488. The molecule has 1 rings (SSSR count). The van der Waals surface area contributed by atoms with E-state index in [1.54, 1.807) is 20.8 Å². The van der Waals surface area contributed by atoms with Gasteiger partial charge in [-0.15, -0.1) is 0 Å². The lowest BCUT2D eigenvalue weighted by Gasteiger charge is -2.35. The van der Waals surface area contributed by atoms with Crippen LogP contribution in [-0.4, -0.2) is 29.2 Å². The minimum absolute atomic E-state index is 0.146. The van der Waals surface area contributed by atoms with Crippen molar-refractivity contribution in [1.82, 2.24) is 10.6 Å². The lowest BCUT2D eigenvalue weighted by Crippen LogP contribution is -2.58. The van der Waals surface area contributed by atoms with Crippen molar-refractivity contribution in [1.29, 1.82) is 0 Å². The van der Waals surface area contributed by atoms with Crippen LogP contribution in [0.1, 0.15) is 47.5 Å². The molecule has 0 aromatic rings. The maximum absolute atomic E-state index is 11.7. The maximum Gasteiger partial charge on any atom is 0.408 e. The highest BCUT2D eigenvalue weighted by Gasteiger charge is 2.34. The molecule has 0 saturated carbocycles. The van der Waals surface area contributed by atoms with Crippen LogP contribution in [0.25, 0.3) is 0 Å². The highest BCUT2D eigenvalue weighted by Crippen LogP contribution is 2.19. The van der Waals surface area contributed by atoms with E-state index in [1.165, 1.54) is 0 Å². The van der Waals surface area contributed by atoms with Gasteiger partial charge in [-0.2, -0.15) is 0 Å². The molecule has 1 atom stereocenters. The summed E-state index contributed by atoms with van der Waals surface area (Å²) in [5.74, 6) is -0.146. The van der Waals surface area contributed by atoms with Crippen LogP contribution in [0.15, 0.2) is 0 Å². The van der Waals surface area contributed by atoms with Crippen molar-refractivity contribution in [2.75, 3.05) is 0 Å². The number of amides is 2. The summed E-state index contributed by atoms with van der Waals surface area (Å²) in [4.78, 5) is 23.3. The van der Waals surface area contributed by atoms with Crippen LogP contribution >= 0.6 is 0 Å². The molecule has 1 unspecified atom stereocenters. The third-order valence-corrected chi connectivity index (χ3v) is 2.53. The molecule has 1 aliphatic heterocycles. The Kier molecular flexibility index (Phi) is 3.69. The van der Waals surface area contributed by atoms with E-state index in [9.17, 15) is 9.59 Å². The number of ether oxygens (including phenoxy) is 1. The van der Waals surface area contributed by atoms with E-state index in [0.29, 0.717) is 6.42 Å². The first-order valence-electron chi connectivity index (χ1n) is 5.91. The van der Waals surface area contributed by atoms with Crippen LogP contribution in [0, 0.1) is 0 Å².